The SMILES string of the molecule is CC(C)(C)OC(=O)N1CCC(Nc2cccc(Cl)c2Cl)CC1. The first-order valence-corrected chi connectivity index (χ1v) is 8.20. The lowest BCUT2D eigenvalue weighted by Gasteiger charge is -2.34. The summed E-state index contributed by atoms with van der Waals surface area (Å²) in [6.45, 7) is 6.97. The van der Waals surface area contributed by atoms with Crippen LogP contribution in [0.4, 0.5) is 10.5 Å². The van der Waals surface area contributed by atoms with Crippen LogP contribution < -0.4 is 5.32 Å². The van der Waals surface area contributed by atoms with Crippen molar-refractivity contribution in [2.45, 2.75) is 45.3 Å². The lowest BCUT2D eigenvalue weighted by atomic mass is 10.0. The number of amides is 1. The topological polar surface area (TPSA) is 41.6 Å². The number of hydrogen-bond donors (Lipinski definition) is 1. The highest BCUT2D eigenvalue weighted by molar-refractivity contribution is 6.43. The van der Waals surface area contributed by atoms with Crippen LogP contribution in [0.5, 0.6) is 0 Å². The smallest absolute Gasteiger partial charge is 0.410 e. The van der Waals surface area contributed by atoms with Gasteiger partial charge in [-0.15, -0.1) is 0 Å². The van der Waals surface area contributed by atoms with E-state index in [2.05, 4.69) is 5.32 Å². The Hall–Kier alpha value is -1.13. The van der Waals surface area contributed by atoms with Crippen LogP contribution in [0.3, 0.4) is 0 Å². The van der Waals surface area contributed by atoms with Crippen molar-refractivity contribution in [3.05, 3.63) is 28.2 Å². The molecule has 0 radical (unpaired) electrons. The van der Waals surface area contributed by atoms with Gasteiger partial charge in [-0.2, -0.15) is 0 Å². The summed E-state index contributed by atoms with van der Waals surface area (Å²) in [6.07, 6.45) is 1.45. The molecular formula is C16H22Cl2N2O2. The van der Waals surface area contributed by atoms with Gasteiger partial charge in [-0.25, -0.2) is 4.79 Å². The zero-order valence-corrected chi connectivity index (χ0v) is 14.7. The van der Waals surface area contributed by atoms with Crippen molar-refractivity contribution in [2.75, 3.05) is 18.4 Å². The average molecular weight is 345 g/mol. The number of halogens is 2. The number of piperidine rings is 1. The van der Waals surface area contributed by atoms with Gasteiger partial charge in [0.15, 0.2) is 0 Å². The van der Waals surface area contributed by atoms with Crippen LogP contribution in [0.25, 0.3) is 0 Å². The van der Waals surface area contributed by atoms with Gasteiger partial charge in [-0.1, -0.05) is 29.3 Å². The van der Waals surface area contributed by atoms with E-state index in [1.165, 1.54) is 0 Å². The number of carbonyl (C=O) groups excluding carboxylic acids is 1. The Balaban J connectivity index is 1.87. The second-order valence-electron chi connectivity index (χ2n) is 6.49. The van der Waals surface area contributed by atoms with Crippen LogP contribution in [0, 0.1) is 0 Å². The monoisotopic (exact) mass is 344 g/mol. The Labute approximate surface area is 141 Å². The molecule has 1 amide bonds. The van der Waals surface area contributed by atoms with Crippen molar-refractivity contribution in [3.63, 3.8) is 0 Å². The van der Waals surface area contributed by atoms with Gasteiger partial charge in [0.05, 0.1) is 15.7 Å². The maximum atomic E-state index is 12.0. The molecule has 6 heteroatoms. The molecule has 1 fully saturated rings. The Morgan fingerprint density at radius 1 is 1.27 bits per heavy atom. The van der Waals surface area contributed by atoms with Crippen LogP contribution in [0.2, 0.25) is 10.0 Å². The quantitative estimate of drug-likeness (QED) is 0.837. The van der Waals surface area contributed by atoms with Crippen molar-refractivity contribution in [1.82, 2.24) is 4.90 Å². The summed E-state index contributed by atoms with van der Waals surface area (Å²) in [7, 11) is 0. The third kappa shape index (κ3) is 4.68. The van der Waals surface area contributed by atoms with E-state index in [4.69, 9.17) is 27.9 Å². The summed E-state index contributed by atoms with van der Waals surface area (Å²) in [4.78, 5) is 13.8. The molecule has 0 saturated carbocycles. The standard InChI is InChI=1S/C16H22Cl2N2O2/c1-16(2,3)22-15(21)20-9-7-11(8-10-20)19-13-6-4-5-12(17)14(13)18/h4-6,11,19H,7-10H2,1-3H3. The second-order valence-corrected chi connectivity index (χ2v) is 7.27. The molecule has 122 valence electrons. The molecule has 1 aromatic rings. The fourth-order valence-electron chi connectivity index (χ4n) is 2.37. The van der Waals surface area contributed by atoms with Crippen LogP contribution in [-0.2, 0) is 4.74 Å². The number of carbonyl (C=O) groups is 1. The Morgan fingerprint density at radius 3 is 2.50 bits per heavy atom. The minimum absolute atomic E-state index is 0.244. The minimum Gasteiger partial charge on any atom is -0.444 e. The number of ether oxygens (including phenoxy) is 1. The van der Waals surface area contributed by atoms with Gasteiger partial charge in [-0.05, 0) is 45.7 Å². The minimum atomic E-state index is -0.458. The number of hydrogen-bond acceptors (Lipinski definition) is 3. The molecule has 0 atom stereocenters. The maximum Gasteiger partial charge on any atom is 0.410 e. The van der Waals surface area contributed by atoms with E-state index in [-0.39, 0.29) is 12.1 Å². The van der Waals surface area contributed by atoms with E-state index in [0.717, 1.165) is 18.5 Å². The first-order chi connectivity index (χ1) is 10.3. The average Bonchev–Trinajstić information content (AvgIpc) is 2.43. The number of benzene rings is 1. The van der Waals surface area contributed by atoms with Gasteiger partial charge < -0.3 is 15.0 Å². The summed E-state index contributed by atoms with van der Waals surface area (Å²) in [5.74, 6) is 0. The number of nitrogens with one attached hydrogen (secondary N) is 1. The highest BCUT2D eigenvalue weighted by Crippen LogP contribution is 2.31. The van der Waals surface area contributed by atoms with Crippen molar-refractivity contribution in [3.8, 4) is 0 Å². The van der Waals surface area contributed by atoms with E-state index < -0.39 is 5.60 Å². The Bertz CT molecular complexity index is 535. The lowest BCUT2D eigenvalue weighted by molar-refractivity contribution is 0.0210. The Kier molecular flexibility index (Phi) is 5.45. The predicted octanol–water partition coefficient (Wildman–Crippen LogP) is 4.80. The molecule has 22 heavy (non-hydrogen) atoms. The van der Waals surface area contributed by atoms with Crippen LogP contribution in [0.15, 0.2) is 18.2 Å². The fraction of sp³-hybridized carbons (Fsp3) is 0.562. The molecule has 1 aliphatic rings. The van der Waals surface area contributed by atoms with E-state index >= 15 is 0 Å². The second kappa shape index (κ2) is 6.97. The number of anilines is 1. The van der Waals surface area contributed by atoms with Gasteiger partial charge in [0, 0.05) is 19.1 Å². The van der Waals surface area contributed by atoms with Crippen molar-refractivity contribution in [1.29, 1.82) is 0 Å². The van der Waals surface area contributed by atoms with Gasteiger partial charge in [0.25, 0.3) is 0 Å². The summed E-state index contributed by atoms with van der Waals surface area (Å²) in [5, 5.41) is 4.48. The highest BCUT2D eigenvalue weighted by Gasteiger charge is 2.27. The highest BCUT2D eigenvalue weighted by atomic mass is 35.5. The zero-order chi connectivity index (χ0) is 16.3. The molecule has 2 rings (SSSR count). The molecule has 1 saturated heterocycles. The molecule has 0 unspecified atom stereocenters. The number of rotatable bonds is 2. The van der Waals surface area contributed by atoms with Gasteiger partial charge in [0.1, 0.15) is 5.60 Å². The summed E-state index contributed by atoms with van der Waals surface area (Å²) >= 11 is 12.2. The first-order valence-electron chi connectivity index (χ1n) is 7.45. The van der Waals surface area contributed by atoms with Crippen molar-refractivity contribution < 1.29 is 9.53 Å². The van der Waals surface area contributed by atoms with E-state index in [1.807, 2.05) is 32.9 Å². The molecule has 1 N–H and O–H groups in total. The van der Waals surface area contributed by atoms with E-state index in [1.54, 1.807) is 11.0 Å². The fourth-order valence-corrected chi connectivity index (χ4v) is 2.72. The van der Waals surface area contributed by atoms with Gasteiger partial charge in [-0.3, -0.25) is 0 Å². The molecule has 0 spiro atoms. The summed E-state index contributed by atoms with van der Waals surface area (Å²) in [6, 6.07) is 5.82. The summed E-state index contributed by atoms with van der Waals surface area (Å²) < 4.78 is 5.39. The summed E-state index contributed by atoms with van der Waals surface area (Å²) in [5.41, 5.74) is 0.380. The number of likely N-dealkylation sites (tertiary alicyclic amines) is 1. The lowest BCUT2D eigenvalue weighted by Crippen LogP contribution is -2.44. The molecular weight excluding hydrogens is 323 g/mol. The predicted molar refractivity (Wildman–Crippen MR) is 90.9 cm³/mol. The maximum absolute atomic E-state index is 12.0. The number of nitrogens with zero attached hydrogens (tertiary/aromatic N) is 1. The largest absolute Gasteiger partial charge is 0.444 e. The molecule has 0 aliphatic carbocycles. The Morgan fingerprint density at radius 2 is 1.91 bits per heavy atom. The van der Waals surface area contributed by atoms with E-state index in [9.17, 15) is 4.79 Å². The normalized spacial score (nSPS) is 16.5. The van der Waals surface area contributed by atoms with Crippen LogP contribution in [-0.4, -0.2) is 35.7 Å². The van der Waals surface area contributed by atoms with Crippen LogP contribution in [0.1, 0.15) is 33.6 Å². The van der Waals surface area contributed by atoms with Gasteiger partial charge >= 0.3 is 6.09 Å². The molecule has 4 nitrogen and oxygen atoms in total. The van der Waals surface area contributed by atoms with Gasteiger partial charge in [0.2, 0.25) is 0 Å². The van der Waals surface area contributed by atoms with Crippen LogP contribution >= 0.6 is 23.2 Å². The first kappa shape index (κ1) is 17.2. The molecule has 1 aliphatic heterocycles. The third-order valence-corrected chi connectivity index (χ3v) is 4.28. The zero-order valence-electron chi connectivity index (χ0n) is 13.2. The third-order valence-electron chi connectivity index (χ3n) is 3.46. The van der Waals surface area contributed by atoms with E-state index in [0.29, 0.717) is 23.1 Å². The van der Waals surface area contributed by atoms with Crippen molar-refractivity contribution in [2.24, 2.45) is 0 Å². The molecule has 0 aromatic heterocycles. The molecule has 1 aromatic carbocycles. The molecule has 0 bridgehead atoms. The molecule has 1 heterocycles. The van der Waals surface area contributed by atoms with Crippen molar-refractivity contribution >= 4 is 35.0 Å².